The average molecular weight is 329 g/mol. The molecule has 2 heterocycles. The molecule has 98 valence electrons. The first-order valence-corrected chi connectivity index (χ1v) is 7.33. The van der Waals surface area contributed by atoms with Crippen LogP contribution in [-0.2, 0) is 5.33 Å². The number of hydrogen-bond donors (Lipinski definition) is 0. The van der Waals surface area contributed by atoms with Crippen molar-refractivity contribution in [1.29, 1.82) is 0 Å². The lowest BCUT2D eigenvalue weighted by atomic mass is 10.1. The van der Waals surface area contributed by atoms with Crippen molar-refractivity contribution in [2.45, 2.75) is 5.33 Å². The van der Waals surface area contributed by atoms with Crippen LogP contribution in [0.25, 0.3) is 32.9 Å². The molecule has 0 radical (unpaired) electrons. The highest BCUT2D eigenvalue weighted by Crippen LogP contribution is 2.36. The van der Waals surface area contributed by atoms with Gasteiger partial charge in [0.25, 0.3) is 0 Å². The standard InChI is InChI=1S/C16H9BrO3/c17-8-12-15-9(5-6-14(18)20-15)7-11-10-3-1-2-4-13(10)19-16(11)12/h1-7H,8H2. The van der Waals surface area contributed by atoms with E-state index < -0.39 is 0 Å². The van der Waals surface area contributed by atoms with Crippen LogP contribution in [0.15, 0.2) is 56.1 Å². The molecule has 0 unspecified atom stereocenters. The summed E-state index contributed by atoms with van der Waals surface area (Å²) in [6, 6.07) is 13.1. The fraction of sp³-hybridized carbons (Fsp3) is 0.0625. The quantitative estimate of drug-likeness (QED) is 0.379. The zero-order valence-electron chi connectivity index (χ0n) is 10.4. The number of hydrogen-bond acceptors (Lipinski definition) is 3. The number of fused-ring (bicyclic) bond motifs is 4. The van der Waals surface area contributed by atoms with E-state index in [-0.39, 0.29) is 5.63 Å². The summed E-state index contributed by atoms with van der Waals surface area (Å²) in [5, 5.41) is 3.57. The van der Waals surface area contributed by atoms with E-state index in [0.29, 0.717) is 10.9 Å². The number of para-hydroxylation sites is 1. The number of halogens is 1. The third kappa shape index (κ3) is 1.55. The number of rotatable bonds is 1. The zero-order chi connectivity index (χ0) is 13.7. The van der Waals surface area contributed by atoms with Crippen LogP contribution in [0.1, 0.15) is 5.56 Å². The van der Waals surface area contributed by atoms with E-state index in [1.807, 2.05) is 30.3 Å². The first kappa shape index (κ1) is 11.7. The average Bonchev–Trinajstić information content (AvgIpc) is 2.83. The summed E-state index contributed by atoms with van der Waals surface area (Å²) in [6.07, 6.45) is 0. The van der Waals surface area contributed by atoms with Gasteiger partial charge in [-0.1, -0.05) is 34.1 Å². The molecule has 4 rings (SSSR count). The Hall–Kier alpha value is -2.07. The van der Waals surface area contributed by atoms with Gasteiger partial charge in [-0.2, -0.15) is 0 Å². The third-order valence-corrected chi connectivity index (χ3v) is 4.04. The molecular formula is C16H9BrO3. The van der Waals surface area contributed by atoms with Gasteiger partial charge >= 0.3 is 5.63 Å². The lowest BCUT2D eigenvalue weighted by Crippen LogP contribution is -1.96. The van der Waals surface area contributed by atoms with E-state index in [1.165, 1.54) is 6.07 Å². The van der Waals surface area contributed by atoms with Crippen LogP contribution in [0, 0.1) is 0 Å². The molecule has 3 nitrogen and oxygen atoms in total. The number of furan rings is 1. The Morgan fingerprint density at radius 2 is 1.80 bits per heavy atom. The van der Waals surface area contributed by atoms with Crippen LogP contribution in [-0.4, -0.2) is 0 Å². The van der Waals surface area contributed by atoms with Gasteiger partial charge in [0.15, 0.2) is 0 Å². The van der Waals surface area contributed by atoms with Gasteiger partial charge in [-0.05, 0) is 18.2 Å². The Morgan fingerprint density at radius 1 is 0.950 bits per heavy atom. The van der Waals surface area contributed by atoms with E-state index >= 15 is 0 Å². The second kappa shape index (κ2) is 4.21. The molecule has 0 atom stereocenters. The first-order valence-electron chi connectivity index (χ1n) is 6.21. The molecule has 0 bridgehead atoms. The van der Waals surface area contributed by atoms with Crippen LogP contribution in [0.3, 0.4) is 0 Å². The SMILES string of the molecule is O=c1ccc2cc3c(oc4ccccc43)c(CBr)c2o1. The minimum atomic E-state index is -0.352. The number of alkyl halides is 1. The molecule has 0 spiro atoms. The molecule has 0 fully saturated rings. The first-order chi connectivity index (χ1) is 9.78. The fourth-order valence-corrected chi connectivity index (χ4v) is 3.10. The number of benzene rings is 2. The Labute approximate surface area is 121 Å². The van der Waals surface area contributed by atoms with Gasteiger partial charge in [0.2, 0.25) is 0 Å². The van der Waals surface area contributed by atoms with E-state index in [1.54, 1.807) is 6.07 Å². The maximum Gasteiger partial charge on any atom is 0.336 e. The second-order valence-electron chi connectivity index (χ2n) is 4.64. The topological polar surface area (TPSA) is 43.4 Å². The largest absolute Gasteiger partial charge is 0.456 e. The maximum atomic E-state index is 11.4. The highest BCUT2D eigenvalue weighted by atomic mass is 79.9. The third-order valence-electron chi connectivity index (χ3n) is 3.48. The summed E-state index contributed by atoms with van der Waals surface area (Å²) in [7, 11) is 0. The van der Waals surface area contributed by atoms with Gasteiger partial charge in [0, 0.05) is 33.1 Å². The Balaban J connectivity index is 2.31. The lowest BCUT2D eigenvalue weighted by Gasteiger charge is -2.02. The lowest BCUT2D eigenvalue weighted by molar-refractivity contribution is 0.557. The molecule has 0 amide bonds. The predicted octanol–water partition coefficient (Wildman–Crippen LogP) is 4.59. The molecule has 0 aliphatic heterocycles. The maximum absolute atomic E-state index is 11.4. The van der Waals surface area contributed by atoms with E-state index in [0.717, 1.165) is 32.9 Å². The summed E-state index contributed by atoms with van der Waals surface area (Å²) in [4.78, 5) is 11.4. The molecule has 0 saturated carbocycles. The van der Waals surface area contributed by atoms with E-state index in [4.69, 9.17) is 8.83 Å². The molecule has 0 aliphatic rings. The summed E-state index contributed by atoms with van der Waals surface area (Å²) in [5.41, 5.74) is 2.70. The fourth-order valence-electron chi connectivity index (χ4n) is 2.59. The van der Waals surface area contributed by atoms with Crippen LogP contribution in [0.4, 0.5) is 0 Å². The minimum Gasteiger partial charge on any atom is -0.456 e. The van der Waals surface area contributed by atoms with E-state index in [2.05, 4.69) is 15.9 Å². The predicted molar refractivity (Wildman–Crippen MR) is 82.4 cm³/mol. The minimum absolute atomic E-state index is 0.352. The normalized spacial score (nSPS) is 11.7. The van der Waals surface area contributed by atoms with Crippen molar-refractivity contribution in [3.05, 3.63) is 58.4 Å². The van der Waals surface area contributed by atoms with E-state index in [9.17, 15) is 4.79 Å². The Bertz CT molecular complexity index is 1010. The van der Waals surface area contributed by atoms with Gasteiger partial charge < -0.3 is 8.83 Å². The van der Waals surface area contributed by atoms with Gasteiger partial charge in [-0.25, -0.2) is 4.79 Å². The smallest absolute Gasteiger partial charge is 0.336 e. The molecular weight excluding hydrogens is 320 g/mol. The molecule has 0 aliphatic carbocycles. The molecule has 0 saturated heterocycles. The van der Waals surface area contributed by atoms with Gasteiger partial charge in [-0.3, -0.25) is 0 Å². The van der Waals surface area contributed by atoms with Crippen molar-refractivity contribution in [2.24, 2.45) is 0 Å². The van der Waals surface area contributed by atoms with Gasteiger partial charge in [0.1, 0.15) is 16.7 Å². The van der Waals surface area contributed by atoms with Crippen LogP contribution < -0.4 is 5.63 Å². The zero-order valence-corrected chi connectivity index (χ0v) is 11.9. The van der Waals surface area contributed by atoms with Crippen molar-refractivity contribution in [1.82, 2.24) is 0 Å². The molecule has 2 aromatic carbocycles. The van der Waals surface area contributed by atoms with Crippen molar-refractivity contribution < 1.29 is 8.83 Å². The van der Waals surface area contributed by atoms with Crippen LogP contribution in [0.2, 0.25) is 0 Å². The van der Waals surface area contributed by atoms with Crippen LogP contribution >= 0.6 is 15.9 Å². The molecule has 0 N–H and O–H groups in total. The summed E-state index contributed by atoms with van der Waals surface area (Å²) in [5.74, 6) is 0. The van der Waals surface area contributed by atoms with Crippen molar-refractivity contribution >= 4 is 48.8 Å². The van der Waals surface area contributed by atoms with Crippen molar-refractivity contribution in [2.75, 3.05) is 0 Å². The molecule has 4 heteroatoms. The Morgan fingerprint density at radius 3 is 2.65 bits per heavy atom. The van der Waals surface area contributed by atoms with Gasteiger partial charge in [-0.15, -0.1) is 0 Å². The Kier molecular flexibility index (Phi) is 2.47. The summed E-state index contributed by atoms with van der Waals surface area (Å²) >= 11 is 3.46. The molecule has 2 aromatic heterocycles. The van der Waals surface area contributed by atoms with Crippen molar-refractivity contribution in [3.63, 3.8) is 0 Å². The monoisotopic (exact) mass is 328 g/mol. The summed E-state index contributed by atoms with van der Waals surface area (Å²) in [6.45, 7) is 0. The highest BCUT2D eigenvalue weighted by molar-refractivity contribution is 9.08. The molecule has 20 heavy (non-hydrogen) atoms. The molecule has 4 aromatic rings. The highest BCUT2D eigenvalue weighted by Gasteiger charge is 2.15. The van der Waals surface area contributed by atoms with Crippen LogP contribution in [0.5, 0.6) is 0 Å². The summed E-state index contributed by atoms with van der Waals surface area (Å²) < 4.78 is 11.3. The second-order valence-corrected chi connectivity index (χ2v) is 5.20. The van der Waals surface area contributed by atoms with Crippen molar-refractivity contribution in [3.8, 4) is 0 Å². The van der Waals surface area contributed by atoms with Gasteiger partial charge in [0.05, 0.1) is 0 Å².